The lowest BCUT2D eigenvalue weighted by Crippen LogP contribution is -1.89. The van der Waals surface area contributed by atoms with Crippen LogP contribution >= 0.6 is 15.9 Å². The summed E-state index contributed by atoms with van der Waals surface area (Å²) in [5.41, 5.74) is 1.64. The predicted molar refractivity (Wildman–Crippen MR) is 63.1 cm³/mol. The van der Waals surface area contributed by atoms with Crippen molar-refractivity contribution in [1.82, 2.24) is 9.97 Å². The number of aromatic nitrogens is 2. The van der Waals surface area contributed by atoms with Crippen LogP contribution in [-0.4, -0.2) is 14.9 Å². The zero-order valence-corrected chi connectivity index (χ0v) is 9.98. The van der Waals surface area contributed by atoms with Crippen LogP contribution in [0.25, 0.3) is 11.4 Å². The average Bonchev–Trinajstić information content (AvgIpc) is 2.64. The summed E-state index contributed by atoms with van der Waals surface area (Å²) < 4.78 is 0.658. The van der Waals surface area contributed by atoms with E-state index >= 15 is 0 Å². The summed E-state index contributed by atoms with van der Waals surface area (Å²) in [6.07, 6.45) is 1.68. The van der Waals surface area contributed by atoms with Crippen LogP contribution in [0.5, 0.6) is 0 Å². The molecule has 5 nitrogen and oxygen atoms in total. The predicted octanol–water partition coefficient (Wildman–Crippen LogP) is 3.06. The van der Waals surface area contributed by atoms with Gasteiger partial charge >= 0.3 is 0 Å². The number of nitro benzene ring substituents is 1. The molecule has 0 saturated heterocycles. The molecule has 1 heterocycles. The van der Waals surface area contributed by atoms with E-state index < -0.39 is 4.92 Å². The zero-order chi connectivity index (χ0) is 11.7. The summed E-state index contributed by atoms with van der Waals surface area (Å²) in [4.78, 5) is 17.4. The zero-order valence-electron chi connectivity index (χ0n) is 8.40. The van der Waals surface area contributed by atoms with Gasteiger partial charge in [0, 0.05) is 34.1 Å². The first-order valence-corrected chi connectivity index (χ1v) is 5.32. The number of nitrogens with one attached hydrogen (secondary N) is 1. The van der Waals surface area contributed by atoms with E-state index in [2.05, 4.69) is 25.9 Å². The SMILES string of the molecule is Cc1cnc(-c2cc(Br)cc([N+](=O)[O-])c2)[nH]1. The molecule has 0 saturated carbocycles. The van der Waals surface area contributed by atoms with Gasteiger partial charge in [0.1, 0.15) is 5.82 Å². The molecule has 82 valence electrons. The molecule has 1 aromatic heterocycles. The Labute approximate surface area is 99.8 Å². The molecule has 1 aromatic carbocycles. The molecule has 16 heavy (non-hydrogen) atoms. The maximum absolute atomic E-state index is 10.7. The molecule has 0 atom stereocenters. The lowest BCUT2D eigenvalue weighted by Gasteiger charge is -1.99. The van der Waals surface area contributed by atoms with Crippen LogP contribution in [-0.2, 0) is 0 Å². The summed E-state index contributed by atoms with van der Waals surface area (Å²) in [6.45, 7) is 1.88. The molecule has 0 fully saturated rings. The summed E-state index contributed by atoms with van der Waals surface area (Å²) in [6, 6.07) is 4.73. The summed E-state index contributed by atoms with van der Waals surface area (Å²) >= 11 is 3.24. The Morgan fingerprint density at radius 2 is 2.19 bits per heavy atom. The maximum Gasteiger partial charge on any atom is 0.271 e. The van der Waals surface area contributed by atoms with Crippen LogP contribution in [0, 0.1) is 17.0 Å². The van der Waals surface area contributed by atoms with Crippen LogP contribution < -0.4 is 0 Å². The van der Waals surface area contributed by atoms with Crippen molar-refractivity contribution in [2.45, 2.75) is 6.92 Å². The number of benzene rings is 1. The smallest absolute Gasteiger partial charge is 0.271 e. The monoisotopic (exact) mass is 281 g/mol. The number of hydrogen-bond acceptors (Lipinski definition) is 3. The second-order valence-corrected chi connectivity index (χ2v) is 4.29. The van der Waals surface area contributed by atoms with Crippen LogP contribution in [0.2, 0.25) is 0 Å². The van der Waals surface area contributed by atoms with Crippen molar-refractivity contribution in [3.63, 3.8) is 0 Å². The Balaban J connectivity index is 2.53. The number of nitrogens with zero attached hydrogens (tertiary/aromatic N) is 2. The highest BCUT2D eigenvalue weighted by atomic mass is 79.9. The van der Waals surface area contributed by atoms with Crippen LogP contribution in [0.4, 0.5) is 5.69 Å². The van der Waals surface area contributed by atoms with E-state index in [1.165, 1.54) is 12.1 Å². The fourth-order valence-corrected chi connectivity index (χ4v) is 1.86. The third kappa shape index (κ3) is 2.11. The average molecular weight is 282 g/mol. The number of nitro groups is 1. The van der Waals surface area contributed by atoms with Gasteiger partial charge in [0.2, 0.25) is 0 Å². The van der Waals surface area contributed by atoms with Gasteiger partial charge in [0.15, 0.2) is 0 Å². The lowest BCUT2D eigenvalue weighted by atomic mass is 10.2. The minimum absolute atomic E-state index is 0.0402. The van der Waals surface area contributed by atoms with Gasteiger partial charge in [-0.25, -0.2) is 4.98 Å². The van der Waals surface area contributed by atoms with Gasteiger partial charge in [-0.1, -0.05) is 15.9 Å². The van der Waals surface area contributed by atoms with Gasteiger partial charge in [-0.05, 0) is 13.0 Å². The largest absolute Gasteiger partial charge is 0.342 e. The van der Waals surface area contributed by atoms with Crippen molar-refractivity contribution >= 4 is 21.6 Å². The van der Waals surface area contributed by atoms with Crippen LogP contribution in [0.1, 0.15) is 5.69 Å². The van der Waals surface area contributed by atoms with E-state index in [9.17, 15) is 10.1 Å². The van der Waals surface area contributed by atoms with Crippen molar-refractivity contribution < 1.29 is 4.92 Å². The van der Waals surface area contributed by atoms with Crippen LogP contribution in [0.3, 0.4) is 0 Å². The van der Waals surface area contributed by atoms with Crippen molar-refractivity contribution in [2.75, 3.05) is 0 Å². The number of hydrogen-bond donors (Lipinski definition) is 1. The van der Waals surface area contributed by atoms with Gasteiger partial charge in [-0.15, -0.1) is 0 Å². The highest BCUT2D eigenvalue weighted by molar-refractivity contribution is 9.10. The minimum atomic E-state index is -0.427. The molecular formula is C10H8BrN3O2. The number of aryl methyl sites for hydroxylation is 1. The number of H-pyrrole nitrogens is 1. The fraction of sp³-hybridized carbons (Fsp3) is 0.100. The van der Waals surface area contributed by atoms with Gasteiger partial charge in [-0.2, -0.15) is 0 Å². The van der Waals surface area contributed by atoms with Gasteiger partial charge in [0.05, 0.1) is 4.92 Å². The molecule has 1 N–H and O–H groups in total. The van der Waals surface area contributed by atoms with Crippen molar-refractivity contribution in [3.8, 4) is 11.4 Å². The molecule has 6 heteroatoms. The molecule has 0 bridgehead atoms. The molecule has 0 unspecified atom stereocenters. The summed E-state index contributed by atoms with van der Waals surface area (Å²) in [5.74, 6) is 0.627. The standard InChI is InChI=1S/C10H8BrN3O2/c1-6-5-12-10(13-6)7-2-8(11)4-9(3-7)14(15)16/h2-5H,1H3,(H,12,13). The Morgan fingerprint density at radius 1 is 1.44 bits per heavy atom. The van der Waals surface area contributed by atoms with E-state index in [0.717, 1.165) is 5.69 Å². The maximum atomic E-state index is 10.7. The van der Waals surface area contributed by atoms with Crippen molar-refractivity contribution in [1.29, 1.82) is 0 Å². The number of aromatic amines is 1. The quantitative estimate of drug-likeness (QED) is 0.679. The first-order chi connectivity index (χ1) is 7.56. The lowest BCUT2D eigenvalue weighted by molar-refractivity contribution is -0.384. The third-order valence-corrected chi connectivity index (χ3v) is 2.53. The molecule has 0 amide bonds. The van der Waals surface area contributed by atoms with Gasteiger partial charge in [-0.3, -0.25) is 10.1 Å². The van der Waals surface area contributed by atoms with Gasteiger partial charge in [0.25, 0.3) is 5.69 Å². The molecule has 0 aliphatic rings. The molecule has 0 radical (unpaired) electrons. The molecule has 0 aliphatic carbocycles. The van der Waals surface area contributed by atoms with E-state index in [1.54, 1.807) is 12.3 Å². The number of imidazole rings is 1. The second kappa shape index (κ2) is 4.05. The van der Waals surface area contributed by atoms with Crippen molar-refractivity contribution in [3.05, 3.63) is 44.7 Å². The first kappa shape index (κ1) is 10.8. The van der Waals surface area contributed by atoms with Gasteiger partial charge < -0.3 is 4.98 Å². The fourth-order valence-electron chi connectivity index (χ4n) is 1.38. The minimum Gasteiger partial charge on any atom is -0.342 e. The van der Waals surface area contributed by atoms with E-state index in [-0.39, 0.29) is 5.69 Å². The molecule has 0 aliphatic heterocycles. The van der Waals surface area contributed by atoms with Crippen molar-refractivity contribution in [2.24, 2.45) is 0 Å². The third-order valence-electron chi connectivity index (χ3n) is 2.07. The summed E-state index contributed by atoms with van der Waals surface area (Å²) in [5, 5.41) is 10.7. The highest BCUT2D eigenvalue weighted by Crippen LogP contribution is 2.26. The summed E-state index contributed by atoms with van der Waals surface area (Å²) in [7, 11) is 0. The topological polar surface area (TPSA) is 71.8 Å². The Hall–Kier alpha value is -1.69. The Bertz CT molecular complexity index is 551. The molecule has 2 rings (SSSR count). The Morgan fingerprint density at radius 3 is 2.75 bits per heavy atom. The number of rotatable bonds is 2. The molecule has 0 spiro atoms. The Kier molecular flexibility index (Phi) is 2.74. The second-order valence-electron chi connectivity index (χ2n) is 3.37. The number of non-ortho nitro benzene ring substituents is 1. The van der Waals surface area contributed by atoms with E-state index in [4.69, 9.17) is 0 Å². The van der Waals surface area contributed by atoms with E-state index in [0.29, 0.717) is 15.9 Å². The van der Waals surface area contributed by atoms with Crippen LogP contribution in [0.15, 0.2) is 28.9 Å². The first-order valence-electron chi connectivity index (χ1n) is 4.53. The highest BCUT2D eigenvalue weighted by Gasteiger charge is 2.11. The number of halogens is 1. The molecular weight excluding hydrogens is 274 g/mol. The van der Waals surface area contributed by atoms with E-state index in [1.807, 2.05) is 6.92 Å². The molecule has 2 aromatic rings. The normalized spacial score (nSPS) is 10.4.